The fourth-order valence-electron chi connectivity index (χ4n) is 1.67. The fraction of sp³-hybridized carbons (Fsp3) is 0.875. The molecule has 1 heterocycles. The van der Waals surface area contributed by atoms with Crippen molar-refractivity contribution in [2.75, 3.05) is 20.2 Å². The number of hydrogen-bond acceptors (Lipinski definition) is 5. The largest absolute Gasteiger partial charge is 0.468 e. The van der Waals surface area contributed by atoms with Crippen molar-refractivity contribution >= 4 is 16.2 Å². The van der Waals surface area contributed by atoms with Gasteiger partial charge in [-0.1, -0.05) is 6.92 Å². The highest BCUT2D eigenvalue weighted by molar-refractivity contribution is 7.87. The molecule has 1 aliphatic heterocycles. The van der Waals surface area contributed by atoms with E-state index in [2.05, 4.69) is 9.46 Å². The van der Waals surface area contributed by atoms with Crippen LogP contribution in [0.4, 0.5) is 0 Å². The number of nitrogens with one attached hydrogen (secondary N) is 1. The van der Waals surface area contributed by atoms with Crippen LogP contribution in [0.25, 0.3) is 0 Å². The Kier molecular flexibility index (Phi) is 4.25. The number of ether oxygens (including phenoxy) is 1. The molecule has 0 aromatic carbocycles. The Bertz CT molecular complexity index is 355. The van der Waals surface area contributed by atoms with Crippen molar-refractivity contribution in [2.24, 2.45) is 0 Å². The first-order valence-electron chi connectivity index (χ1n) is 4.94. The van der Waals surface area contributed by atoms with Gasteiger partial charge >= 0.3 is 5.97 Å². The highest BCUT2D eigenvalue weighted by atomic mass is 32.2. The number of rotatable bonds is 4. The second-order valence-electron chi connectivity index (χ2n) is 3.50. The van der Waals surface area contributed by atoms with Crippen LogP contribution in [0.5, 0.6) is 0 Å². The third kappa shape index (κ3) is 2.70. The summed E-state index contributed by atoms with van der Waals surface area (Å²) >= 11 is 0. The van der Waals surface area contributed by atoms with E-state index in [1.54, 1.807) is 6.92 Å². The summed E-state index contributed by atoms with van der Waals surface area (Å²) in [6, 6.07) is -0.941. The SMILES string of the molecule is CCNS(=O)(=O)N1CC(O)CC1C(=O)OC. The van der Waals surface area contributed by atoms with Gasteiger partial charge in [-0.3, -0.25) is 4.79 Å². The maximum atomic E-state index is 11.7. The second-order valence-corrected chi connectivity index (χ2v) is 5.21. The quantitative estimate of drug-likeness (QED) is 0.590. The topological polar surface area (TPSA) is 95.9 Å². The summed E-state index contributed by atoms with van der Waals surface area (Å²) in [6.45, 7) is 1.77. The Hall–Kier alpha value is -0.700. The molecule has 0 bridgehead atoms. The maximum absolute atomic E-state index is 11.7. The summed E-state index contributed by atoms with van der Waals surface area (Å²) in [5, 5.41) is 9.40. The summed E-state index contributed by atoms with van der Waals surface area (Å²) in [7, 11) is -2.54. The van der Waals surface area contributed by atoms with Gasteiger partial charge in [-0.25, -0.2) is 4.72 Å². The minimum absolute atomic E-state index is 0.0668. The molecular formula is C8H16N2O5S. The molecular weight excluding hydrogens is 236 g/mol. The Balaban J connectivity index is 2.89. The zero-order valence-electron chi connectivity index (χ0n) is 9.21. The maximum Gasteiger partial charge on any atom is 0.324 e. The van der Waals surface area contributed by atoms with Crippen LogP contribution in [0.1, 0.15) is 13.3 Å². The molecule has 0 spiro atoms. The molecule has 1 rings (SSSR count). The molecule has 0 aromatic heterocycles. The first-order chi connectivity index (χ1) is 7.42. The number of β-amino-alcohol motifs (C(OH)–C–C–N with tert-alkyl or cyclic N) is 1. The molecule has 2 unspecified atom stereocenters. The zero-order valence-corrected chi connectivity index (χ0v) is 10.0. The lowest BCUT2D eigenvalue weighted by atomic mass is 10.2. The molecule has 0 radical (unpaired) electrons. The van der Waals surface area contributed by atoms with E-state index in [-0.39, 0.29) is 19.5 Å². The smallest absolute Gasteiger partial charge is 0.324 e. The molecule has 7 nitrogen and oxygen atoms in total. The molecule has 2 atom stereocenters. The van der Waals surface area contributed by atoms with Crippen molar-refractivity contribution in [2.45, 2.75) is 25.5 Å². The number of hydrogen-bond donors (Lipinski definition) is 2. The number of aliphatic hydroxyl groups is 1. The number of carbonyl (C=O) groups excluding carboxylic acids is 1. The molecule has 1 aliphatic rings. The monoisotopic (exact) mass is 252 g/mol. The van der Waals surface area contributed by atoms with Crippen molar-refractivity contribution < 1.29 is 23.1 Å². The predicted molar refractivity (Wildman–Crippen MR) is 55.7 cm³/mol. The lowest BCUT2D eigenvalue weighted by molar-refractivity contribution is -0.144. The van der Waals surface area contributed by atoms with Crippen molar-refractivity contribution in [1.82, 2.24) is 9.03 Å². The highest BCUT2D eigenvalue weighted by Gasteiger charge is 2.43. The first-order valence-corrected chi connectivity index (χ1v) is 6.38. The average Bonchev–Trinajstić information content (AvgIpc) is 2.60. The Morgan fingerprint density at radius 2 is 2.25 bits per heavy atom. The van der Waals surface area contributed by atoms with Gasteiger partial charge in [-0.2, -0.15) is 12.7 Å². The van der Waals surface area contributed by atoms with Gasteiger partial charge < -0.3 is 9.84 Å². The van der Waals surface area contributed by atoms with Gasteiger partial charge in [-0.05, 0) is 0 Å². The number of esters is 1. The van der Waals surface area contributed by atoms with E-state index in [0.29, 0.717) is 0 Å². The van der Waals surface area contributed by atoms with E-state index in [4.69, 9.17) is 0 Å². The molecule has 0 aromatic rings. The Morgan fingerprint density at radius 3 is 2.75 bits per heavy atom. The summed E-state index contributed by atoms with van der Waals surface area (Å²) in [5.41, 5.74) is 0. The van der Waals surface area contributed by atoms with E-state index in [0.717, 1.165) is 4.31 Å². The zero-order chi connectivity index (χ0) is 12.3. The van der Waals surface area contributed by atoms with Crippen molar-refractivity contribution in [3.05, 3.63) is 0 Å². The Morgan fingerprint density at radius 1 is 1.62 bits per heavy atom. The summed E-state index contributed by atoms with van der Waals surface area (Å²) in [6.07, 6.45) is -0.769. The van der Waals surface area contributed by atoms with Crippen LogP contribution in [0.2, 0.25) is 0 Å². The van der Waals surface area contributed by atoms with Gasteiger partial charge in [0.15, 0.2) is 0 Å². The standard InChI is InChI=1S/C8H16N2O5S/c1-3-9-16(13,14)10-5-6(11)4-7(10)8(12)15-2/h6-7,9,11H,3-5H2,1-2H3. The normalized spacial score (nSPS) is 26.9. The molecule has 0 aliphatic carbocycles. The van der Waals surface area contributed by atoms with Crippen LogP contribution in [0.3, 0.4) is 0 Å². The second kappa shape index (κ2) is 5.09. The number of aliphatic hydroxyl groups excluding tert-OH is 1. The first kappa shape index (κ1) is 13.4. The fourth-order valence-corrected chi connectivity index (χ4v) is 3.07. The minimum Gasteiger partial charge on any atom is -0.468 e. The van der Waals surface area contributed by atoms with E-state index < -0.39 is 28.3 Å². The van der Waals surface area contributed by atoms with E-state index in [9.17, 15) is 18.3 Å². The number of carbonyl (C=O) groups is 1. The molecule has 94 valence electrons. The summed E-state index contributed by atoms with van der Waals surface area (Å²) in [4.78, 5) is 11.4. The van der Waals surface area contributed by atoms with Crippen LogP contribution in [-0.4, -0.2) is 56.1 Å². The minimum atomic E-state index is -3.72. The van der Waals surface area contributed by atoms with Crippen molar-refractivity contribution in [3.8, 4) is 0 Å². The van der Waals surface area contributed by atoms with Crippen molar-refractivity contribution in [3.63, 3.8) is 0 Å². The number of methoxy groups -OCH3 is 1. The molecule has 0 amide bonds. The molecule has 16 heavy (non-hydrogen) atoms. The average molecular weight is 252 g/mol. The lowest BCUT2D eigenvalue weighted by Gasteiger charge is -2.21. The van der Waals surface area contributed by atoms with Crippen molar-refractivity contribution in [1.29, 1.82) is 0 Å². The highest BCUT2D eigenvalue weighted by Crippen LogP contribution is 2.21. The summed E-state index contributed by atoms with van der Waals surface area (Å²) in [5.74, 6) is -0.655. The predicted octanol–water partition coefficient (Wildman–Crippen LogP) is -1.55. The van der Waals surface area contributed by atoms with Crippen LogP contribution >= 0.6 is 0 Å². The lowest BCUT2D eigenvalue weighted by Crippen LogP contribution is -2.46. The summed E-state index contributed by atoms with van der Waals surface area (Å²) < 4.78 is 31.1. The molecule has 2 N–H and O–H groups in total. The van der Waals surface area contributed by atoms with Gasteiger partial charge in [0, 0.05) is 19.5 Å². The van der Waals surface area contributed by atoms with Gasteiger partial charge in [0.1, 0.15) is 6.04 Å². The van der Waals surface area contributed by atoms with Gasteiger partial charge in [0.2, 0.25) is 0 Å². The third-order valence-corrected chi connectivity index (χ3v) is 4.02. The van der Waals surface area contributed by atoms with Crippen LogP contribution < -0.4 is 4.72 Å². The Labute approximate surface area is 94.6 Å². The van der Waals surface area contributed by atoms with E-state index in [1.165, 1.54) is 7.11 Å². The molecule has 8 heteroatoms. The van der Waals surface area contributed by atoms with Crippen LogP contribution in [0.15, 0.2) is 0 Å². The van der Waals surface area contributed by atoms with Gasteiger partial charge in [0.25, 0.3) is 10.2 Å². The van der Waals surface area contributed by atoms with E-state index in [1.807, 2.05) is 0 Å². The molecule has 1 saturated heterocycles. The number of nitrogens with zero attached hydrogens (tertiary/aromatic N) is 1. The molecule has 1 fully saturated rings. The molecule has 0 saturated carbocycles. The van der Waals surface area contributed by atoms with E-state index >= 15 is 0 Å². The third-order valence-electron chi connectivity index (χ3n) is 2.34. The van der Waals surface area contributed by atoms with Crippen LogP contribution in [-0.2, 0) is 19.7 Å². The van der Waals surface area contributed by atoms with Gasteiger partial charge in [-0.15, -0.1) is 0 Å². The van der Waals surface area contributed by atoms with Crippen LogP contribution in [0, 0.1) is 0 Å². The van der Waals surface area contributed by atoms with Gasteiger partial charge in [0.05, 0.1) is 13.2 Å².